The first-order valence-electron chi connectivity index (χ1n) is 16.7. The second-order valence-corrected chi connectivity index (χ2v) is 13.3. The van der Waals surface area contributed by atoms with Crippen LogP contribution in [0.2, 0.25) is 0 Å². The Bertz CT molecular complexity index is 1960. The van der Waals surface area contributed by atoms with Crippen molar-refractivity contribution < 1.29 is 28.2 Å². The number of nitrogens with zero attached hydrogens (tertiary/aromatic N) is 6. The fourth-order valence-corrected chi connectivity index (χ4v) is 7.56. The van der Waals surface area contributed by atoms with Crippen molar-refractivity contribution in [2.75, 3.05) is 52.0 Å². The first kappa shape index (κ1) is 32.7. The van der Waals surface area contributed by atoms with Gasteiger partial charge in [0.25, 0.3) is 0 Å². The number of nitrogens with one attached hydrogen (secondary N) is 1. The maximum Gasteiger partial charge on any atom is 0.409 e. The zero-order valence-electron chi connectivity index (χ0n) is 27.6. The Kier molecular flexibility index (Phi) is 8.85. The number of rotatable bonds is 7. The van der Waals surface area contributed by atoms with Gasteiger partial charge in [0.1, 0.15) is 36.0 Å². The number of hydrogen-bond donors (Lipinski definition) is 2. The van der Waals surface area contributed by atoms with Gasteiger partial charge in [0.05, 0.1) is 16.5 Å². The smallest absolute Gasteiger partial charge is 0.409 e. The minimum atomic E-state index is -0.774. The predicted octanol–water partition coefficient (Wildman–Crippen LogP) is 5.38. The van der Waals surface area contributed by atoms with Crippen molar-refractivity contribution >= 4 is 33.6 Å². The van der Waals surface area contributed by atoms with E-state index in [1.165, 1.54) is 35.4 Å². The molecular formula is C36H39F2N7O4. The number of fused-ring (bicyclic) bond motifs is 3. The third kappa shape index (κ3) is 6.04. The number of benzene rings is 2. The number of anilines is 1. The Hall–Kier alpha value is -4.80. The van der Waals surface area contributed by atoms with Gasteiger partial charge in [0.2, 0.25) is 0 Å². The highest BCUT2D eigenvalue weighted by molar-refractivity contribution is 6.03. The van der Waals surface area contributed by atoms with Crippen molar-refractivity contribution in [3.8, 4) is 35.4 Å². The number of pyridine rings is 1. The van der Waals surface area contributed by atoms with Gasteiger partial charge in [-0.25, -0.2) is 19.0 Å². The summed E-state index contributed by atoms with van der Waals surface area (Å²) in [6, 6.07) is 5.57. The van der Waals surface area contributed by atoms with E-state index in [0.717, 1.165) is 58.0 Å². The summed E-state index contributed by atoms with van der Waals surface area (Å²) in [5, 5.41) is 13.5. The zero-order valence-corrected chi connectivity index (χ0v) is 27.6. The van der Waals surface area contributed by atoms with E-state index in [0.29, 0.717) is 29.7 Å². The maximum absolute atomic E-state index is 16.8. The number of terminal acetylenes is 1. The molecule has 3 fully saturated rings. The average Bonchev–Trinajstić information content (AvgIpc) is 3.53. The minimum absolute atomic E-state index is 0.0180. The molecule has 0 aliphatic carbocycles. The maximum atomic E-state index is 16.8. The molecule has 0 unspecified atom stereocenters. The molecule has 1 amide bonds. The largest absolute Gasteiger partial charge is 0.508 e. The third-order valence-electron chi connectivity index (χ3n) is 9.98. The second kappa shape index (κ2) is 13.2. The number of phenolic OH excluding ortho intramolecular Hbond substituents is 1. The van der Waals surface area contributed by atoms with E-state index in [2.05, 4.69) is 26.2 Å². The lowest BCUT2D eigenvalue weighted by molar-refractivity contribution is 0.0484. The van der Waals surface area contributed by atoms with Gasteiger partial charge < -0.3 is 19.5 Å². The molecule has 3 saturated heterocycles. The normalized spacial score (nSPS) is 21.0. The highest BCUT2D eigenvalue weighted by Gasteiger charge is 2.50. The summed E-state index contributed by atoms with van der Waals surface area (Å²) in [6.07, 6.45) is 13.3. The van der Waals surface area contributed by atoms with Gasteiger partial charge >= 0.3 is 12.1 Å². The van der Waals surface area contributed by atoms with E-state index >= 15 is 4.39 Å². The number of hydrazine groups is 1. The Balaban J connectivity index is 1.28. The predicted molar refractivity (Wildman–Crippen MR) is 181 cm³/mol. The highest BCUT2D eigenvalue weighted by atomic mass is 19.1. The number of aromatic nitrogens is 3. The molecule has 4 aromatic rings. The monoisotopic (exact) mass is 671 g/mol. The lowest BCUT2D eigenvalue weighted by Gasteiger charge is -2.34. The van der Waals surface area contributed by atoms with Gasteiger partial charge in [0, 0.05) is 50.4 Å². The molecule has 256 valence electrons. The summed E-state index contributed by atoms with van der Waals surface area (Å²) >= 11 is 0. The molecule has 0 radical (unpaired) electrons. The molecule has 5 heterocycles. The van der Waals surface area contributed by atoms with Gasteiger partial charge in [-0.1, -0.05) is 18.4 Å². The van der Waals surface area contributed by atoms with Crippen molar-refractivity contribution in [3.63, 3.8) is 0 Å². The second-order valence-electron chi connectivity index (χ2n) is 13.3. The van der Waals surface area contributed by atoms with E-state index in [4.69, 9.17) is 20.9 Å². The van der Waals surface area contributed by atoms with Crippen molar-refractivity contribution in [1.29, 1.82) is 0 Å². The number of hydrogen-bond acceptors (Lipinski definition) is 10. The molecule has 0 saturated carbocycles. The number of halogens is 2. The molecule has 3 aliphatic rings. The summed E-state index contributed by atoms with van der Waals surface area (Å²) in [5.41, 5.74) is 3.04. The van der Waals surface area contributed by atoms with Crippen molar-refractivity contribution in [2.45, 2.75) is 56.5 Å². The Labute approximate surface area is 283 Å². The van der Waals surface area contributed by atoms with Crippen LogP contribution in [0.4, 0.5) is 19.4 Å². The van der Waals surface area contributed by atoms with Crippen LogP contribution >= 0.6 is 0 Å². The summed E-state index contributed by atoms with van der Waals surface area (Å²) < 4.78 is 43.6. The van der Waals surface area contributed by atoms with Crippen LogP contribution in [0.25, 0.3) is 32.9 Å². The lowest BCUT2D eigenvalue weighted by atomic mass is 9.95. The van der Waals surface area contributed by atoms with E-state index < -0.39 is 11.6 Å². The van der Waals surface area contributed by atoms with Gasteiger partial charge in [-0.2, -0.15) is 9.97 Å². The molecule has 11 nitrogen and oxygen atoms in total. The van der Waals surface area contributed by atoms with E-state index in [1.54, 1.807) is 14.1 Å². The lowest BCUT2D eigenvalue weighted by Crippen LogP contribution is -2.48. The van der Waals surface area contributed by atoms with Crippen LogP contribution in [0, 0.1) is 24.0 Å². The van der Waals surface area contributed by atoms with Crippen LogP contribution in [0.15, 0.2) is 30.5 Å². The average molecular weight is 672 g/mol. The molecule has 0 spiro atoms. The molecule has 0 bridgehead atoms. The van der Waals surface area contributed by atoms with Gasteiger partial charge in [-0.15, -0.1) is 6.42 Å². The quantitative estimate of drug-likeness (QED) is 0.248. The van der Waals surface area contributed by atoms with Crippen LogP contribution < -0.4 is 15.2 Å². The minimum Gasteiger partial charge on any atom is -0.508 e. The molecule has 2 aromatic heterocycles. The van der Waals surface area contributed by atoms with Crippen LogP contribution in [0.3, 0.4) is 0 Å². The topological polar surface area (TPSA) is 116 Å². The molecule has 2 N–H and O–H groups in total. The van der Waals surface area contributed by atoms with Crippen molar-refractivity contribution in [1.82, 2.24) is 30.2 Å². The first-order valence-corrected chi connectivity index (χ1v) is 16.7. The standard InChI is InChI=1S/C36H39F2N7O4/c1-4-25-28(37)10-9-22-17-24(46)18-26(29(22)25)31-30(38)32-27(19-39-31)33(45-16-7-5-6-14-40-45)42-34(41-32)49-21-36-12-8-15-44(36)23(11-13-36)20-48-35(47)43(2)3/h1,9-10,17-19,23,40,46H,5-8,11-16,20-21H2,2-3H3/t23-,36-/m0/s1. The molecule has 7 rings (SSSR count). The van der Waals surface area contributed by atoms with Crippen molar-refractivity contribution in [2.24, 2.45) is 0 Å². The van der Waals surface area contributed by atoms with Crippen LogP contribution in [-0.4, -0.2) is 94.5 Å². The Morgan fingerprint density at radius 2 is 2.02 bits per heavy atom. The SMILES string of the molecule is C#Cc1c(F)ccc2cc(O)cc(-c3ncc4c(N5CCCCCN5)nc(OC[C@@]56CCCN5[C@H](COC(=O)N(C)C)CC6)nc4c3F)c12. The van der Waals surface area contributed by atoms with Gasteiger partial charge in [-0.3, -0.25) is 14.9 Å². The van der Waals surface area contributed by atoms with Crippen molar-refractivity contribution in [3.05, 3.63) is 47.7 Å². The molecule has 49 heavy (non-hydrogen) atoms. The number of aromatic hydroxyl groups is 1. The van der Waals surface area contributed by atoms with Crippen LogP contribution in [-0.2, 0) is 4.74 Å². The molecule has 2 atom stereocenters. The Morgan fingerprint density at radius 1 is 1.16 bits per heavy atom. The van der Waals surface area contributed by atoms with Gasteiger partial charge in [-0.05, 0) is 68.7 Å². The number of carbonyl (C=O) groups is 1. The molecule has 2 aromatic carbocycles. The number of carbonyl (C=O) groups excluding carboxylic acids is 1. The van der Waals surface area contributed by atoms with E-state index in [-0.39, 0.29) is 63.8 Å². The van der Waals surface area contributed by atoms with Gasteiger partial charge in [0.15, 0.2) is 11.6 Å². The Morgan fingerprint density at radius 3 is 2.84 bits per heavy atom. The van der Waals surface area contributed by atoms with Crippen LogP contribution in [0.1, 0.15) is 50.5 Å². The molecule has 13 heteroatoms. The fourth-order valence-electron chi connectivity index (χ4n) is 7.56. The summed E-state index contributed by atoms with van der Waals surface area (Å²) in [4.78, 5) is 29.8. The van der Waals surface area contributed by atoms with E-state index in [1.807, 2.05) is 5.01 Å². The zero-order chi connectivity index (χ0) is 34.3. The number of ether oxygens (including phenoxy) is 2. The fraction of sp³-hybridized carbons (Fsp3) is 0.444. The number of amides is 1. The van der Waals surface area contributed by atoms with E-state index in [9.17, 15) is 14.3 Å². The first-order chi connectivity index (χ1) is 23.7. The summed E-state index contributed by atoms with van der Waals surface area (Å²) in [7, 11) is 3.32. The number of phenols is 1. The highest BCUT2D eigenvalue weighted by Crippen LogP contribution is 2.43. The third-order valence-corrected chi connectivity index (χ3v) is 9.98. The molecular weight excluding hydrogens is 632 g/mol. The summed E-state index contributed by atoms with van der Waals surface area (Å²) in [6.45, 7) is 2.80. The summed E-state index contributed by atoms with van der Waals surface area (Å²) in [5.74, 6) is 1.26. The van der Waals surface area contributed by atoms with Crippen LogP contribution in [0.5, 0.6) is 11.8 Å². The molecule has 3 aliphatic heterocycles.